The van der Waals surface area contributed by atoms with Crippen LogP contribution < -0.4 is 5.32 Å². The summed E-state index contributed by atoms with van der Waals surface area (Å²) < 4.78 is 0. The fraction of sp³-hybridized carbons (Fsp3) is 0.412. The summed E-state index contributed by atoms with van der Waals surface area (Å²) in [5, 5.41) is 4.08. The molecule has 1 aromatic carbocycles. The van der Waals surface area contributed by atoms with Crippen molar-refractivity contribution in [3.63, 3.8) is 0 Å². The zero-order valence-electron chi connectivity index (χ0n) is 12.9. The highest BCUT2D eigenvalue weighted by Gasteiger charge is 2.06. The molecule has 0 fully saturated rings. The molecule has 1 N–H and O–H groups in total. The number of nitrogens with zero attached hydrogens (tertiary/aromatic N) is 1. The fourth-order valence-electron chi connectivity index (χ4n) is 2.22. The lowest BCUT2D eigenvalue weighted by atomic mass is 10.1. The van der Waals surface area contributed by atoms with Crippen molar-refractivity contribution >= 4 is 17.2 Å². The van der Waals surface area contributed by atoms with Gasteiger partial charge in [-0.1, -0.05) is 29.8 Å². The van der Waals surface area contributed by atoms with Gasteiger partial charge < -0.3 is 5.32 Å². The van der Waals surface area contributed by atoms with Crippen molar-refractivity contribution in [3.8, 4) is 0 Å². The van der Waals surface area contributed by atoms with Crippen LogP contribution in [0.3, 0.4) is 0 Å². The number of carbonyl (C=O) groups is 1. The normalized spacial score (nSPS) is 10.6. The van der Waals surface area contributed by atoms with E-state index in [9.17, 15) is 4.79 Å². The summed E-state index contributed by atoms with van der Waals surface area (Å²) in [6.45, 7) is 6.80. The second-order valence-corrected chi connectivity index (χ2v) is 6.61. The molecule has 0 radical (unpaired) electrons. The molecule has 0 spiro atoms. The number of hydrogen-bond acceptors (Lipinski definition) is 3. The minimum atomic E-state index is 0.120. The highest BCUT2D eigenvalue weighted by atomic mass is 32.1. The maximum absolute atomic E-state index is 11.8. The average Bonchev–Trinajstić information content (AvgIpc) is 2.76. The minimum absolute atomic E-state index is 0.120. The second-order valence-electron chi connectivity index (χ2n) is 5.33. The number of aromatic nitrogens is 1. The monoisotopic (exact) mass is 302 g/mol. The first-order chi connectivity index (χ1) is 10.0. The van der Waals surface area contributed by atoms with Crippen LogP contribution in [-0.4, -0.2) is 17.4 Å². The van der Waals surface area contributed by atoms with Crippen LogP contribution in [0.1, 0.15) is 33.1 Å². The molecule has 0 saturated carbocycles. The summed E-state index contributed by atoms with van der Waals surface area (Å²) in [4.78, 5) is 17.5. The Kier molecular flexibility index (Phi) is 5.51. The van der Waals surface area contributed by atoms with Crippen LogP contribution in [0.5, 0.6) is 0 Å². The van der Waals surface area contributed by atoms with Gasteiger partial charge in [0, 0.05) is 24.3 Å². The zero-order valence-corrected chi connectivity index (χ0v) is 13.7. The number of benzene rings is 1. The van der Waals surface area contributed by atoms with Crippen LogP contribution in [0.2, 0.25) is 0 Å². The number of carbonyl (C=O) groups excluding carboxylic acids is 1. The molecular formula is C17H22N2OS. The largest absolute Gasteiger partial charge is 0.356 e. The van der Waals surface area contributed by atoms with Crippen LogP contribution in [0.4, 0.5) is 0 Å². The van der Waals surface area contributed by atoms with E-state index in [-0.39, 0.29) is 5.91 Å². The Balaban J connectivity index is 1.70. The van der Waals surface area contributed by atoms with Crippen LogP contribution in [-0.2, 0) is 17.6 Å². The Morgan fingerprint density at radius 2 is 1.86 bits per heavy atom. The van der Waals surface area contributed by atoms with Crippen molar-refractivity contribution in [2.75, 3.05) is 6.54 Å². The van der Waals surface area contributed by atoms with Gasteiger partial charge in [-0.25, -0.2) is 4.98 Å². The number of hydrogen-bond donors (Lipinski definition) is 1. The molecule has 0 aliphatic heterocycles. The molecule has 0 atom stereocenters. The lowest BCUT2D eigenvalue weighted by molar-refractivity contribution is -0.121. The fourth-order valence-corrected chi connectivity index (χ4v) is 3.16. The third kappa shape index (κ3) is 4.97. The van der Waals surface area contributed by atoms with Gasteiger partial charge in [0.25, 0.3) is 0 Å². The summed E-state index contributed by atoms with van der Waals surface area (Å²) >= 11 is 1.72. The third-order valence-electron chi connectivity index (χ3n) is 3.44. The minimum Gasteiger partial charge on any atom is -0.356 e. The first-order valence-corrected chi connectivity index (χ1v) is 8.11. The maximum atomic E-state index is 11.8. The third-order valence-corrected chi connectivity index (χ3v) is 4.57. The van der Waals surface area contributed by atoms with E-state index in [4.69, 9.17) is 0 Å². The van der Waals surface area contributed by atoms with Gasteiger partial charge in [0.1, 0.15) is 0 Å². The summed E-state index contributed by atoms with van der Waals surface area (Å²) in [5.74, 6) is 0.120. The lowest BCUT2D eigenvalue weighted by Gasteiger charge is -2.05. The van der Waals surface area contributed by atoms with Crippen molar-refractivity contribution in [2.24, 2.45) is 0 Å². The van der Waals surface area contributed by atoms with Crippen molar-refractivity contribution < 1.29 is 4.79 Å². The Morgan fingerprint density at radius 3 is 2.48 bits per heavy atom. The smallest absolute Gasteiger partial charge is 0.220 e. The van der Waals surface area contributed by atoms with Gasteiger partial charge in [-0.3, -0.25) is 4.79 Å². The molecule has 1 heterocycles. The molecule has 21 heavy (non-hydrogen) atoms. The van der Waals surface area contributed by atoms with Gasteiger partial charge in [0.2, 0.25) is 5.91 Å². The van der Waals surface area contributed by atoms with E-state index >= 15 is 0 Å². The molecule has 0 unspecified atom stereocenters. The quantitative estimate of drug-likeness (QED) is 0.889. The van der Waals surface area contributed by atoms with Gasteiger partial charge in [0.05, 0.1) is 10.7 Å². The zero-order chi connectivity index (χ0) is 15.2. The van der Waals surface area contributed by atoms with Gasteiger partial charge in [-0.15, -0.1) is 11.3 Å². The predicted octanol–water partition coefficient (Wildman–Crippen LogP) is 3.36. The number of amides is 1. The Hall–Kier alpha value is -1.68. The van der Waals surface area contributed by atoms with Crippen molar-refractivity contribution in [1.82, 2.24) is 10.3 Å². The molecule has 1 aromatic heterocycles. The average molecular weight is 302 g/mol. The van der Waals surface area contributed by atoms with E-state index in [2.05, 4.69) is 41.5 Å². The first-order valence-electron chi connectivity index (χ1n) is 7.30. The highest BCUT2D eigenvalue weighted by Crippen LogP contribution is 2.17. The van der Waals surface area contributed by atoms with Gasteiger partial charge in [0.15, 0.2) is 0 Å². The molecule has 2 rings (SSSR count). The molecule has 0 aliphatic rings. The molecule has 0 saturated heterocycles. The standard InChI is InChI=1S/C17H22N2OS/c1-12-4-6-15(7-5-12)8-9-17(20)18-11-10-16-13(2)19-14(3)21-16/h4-7H,8-11H2,1-3H3,(H,18,20). The summed E-state index contributed by atoms with van der Waals surface area (Å²) in [6.07, 6.45) is 2.21. The van der Waals surface area contributed by atoms with Crippen LogP contribution in [0, 0.1) is 20.8 Å². The molecular weight excluding hydrogens is 280 g/mol. The summed E-state index contributed by atoms with van der Waals surface area (Å²) in [7, 11) is 0. The van der Waals surface area contributed by atoms with E-state index in [0.29, 0.717) is 13.0 Å². The van der Waals surface area contributed by atoms with Gasteiger partial charge >= 0.3 is 0 Å². The Labute approximate surface area is 130 Å². The van der Waals surface area contributed by atoms with Crippen molar-refractivity contribution in [1.29, 1.82) is 0 Å². The van der Waals surface area contributed by atoms with Crippen LogP contribution in [0.15, 0.2) is 24.3 Å². The molecule has 2 aromatic rings. The SMILES string of the molecule is Cc1ccc(CCC(=O)NCCc2sc(C)nc2C)cc1. The highest BCUT2D eigenvalue weighted by molar-refractivity contribution is 7.11. The summed E-state index contributed by atoms with van der Waals surface area (Å²) in [5.41, 5.74) is 3.55. The molecule has 112 valence electrons. The number of nitrogens with one attached hydrogen (secondary N) is 1. The predicted molar refractivity (Wildman–Crippen MR) is 87.8 cm³/mol. The van der Waals surface area contributed by atoms with E-state index in [1.54, 1.807) is 11.3 Å². The van der Waals surface area contributed by atoms with Crippen LogP contribution >= 0.6 is 11.3 Å². The number of thiazole rings is 1. The van der Waals surface area contributed by atoms with E-state index < -0.39 is 0 Å². The Morgan fingerprint density at radius 1 is 1.14 bits per heavy atom. The van der Waals surface area contributed by atoms with E-state index in [1.807, 2.05) is 13.8 Å². The van der Waals surface area contributed by atoms with Gasteiger partial charge in [-0.2, -0.15) is 0 Å². The molecule has 0 aliphatic carbocycles. The maximum Gasteiger partial charge on any atom is 0.220 e. The van der Waals surface area contributed by atoms with Crippen molar-refractivity contribution in [3.05, 3.63) is 51.0 Å². The Bertz CT molecular complexity index is 602. The topological polar surface area (TPSA) is 42.0 Å². The number of rotatable bonds is 6. The second kappa shape index (κ2) is 7.36. The van der Waals surface area contributed by atoms with Gasteiger partial charge in [-0.05, 0) is 32.8 Å². The van der Waals surface area contributed by atoms with E-state index in [0.717, 1.165) is 23.5 Å². The molecule has 3 nitrogen and oxygen atoms in total. The molecule has 0 bridgehead atoms. The molecule has 1 amide bonds. The first kappa shape index (κ1) is 15.7. The number of aryl methyl sites for hydroxylation is 4. The van der Waals surface area contributed by atoms with Crippen molar-refractivity contribution in [2.45, 2.75) is 40.0 Å². The molecule has 4 heteroatoms. The lowest BCUT2D eigenvalue weighted by Crippen LogP contribution is -2.25. The van der Waals surface area contributed by atoms with Crippen LogP contribution in [0.25, 0.3) is 0 Å². The summed E-state index contributed by atoms with van der Waals surface area (Å²) in [6, 6.07) is 8.35. The van der Waals surface area contributed by atoms with E-state index in [1.165, 1.54) is 16.0 Å².